The van der Waals surface area contributed by atoms with Crippen LogP contribution in [0.5, 0.6) is 0 Å². The quantitative estimate of drug-likeness (QED) is 0.539. The molecule has 5 rings (SSSR count). The SMILES string of the molecule is NCc1cn2c(-c3nccc(N4CCOC(c5cn[nH]c5)C4)n3)cnc2cn1. The molecule has 0 amide bonds. The monoisotopic (exact) mass is 377 g/mol. The van der Waals surface area contributed by atoms with E-state index < -0.39 is 0 Å². The molecule has 1 fully saturated rings. The predicted molar refractivity (Wildman–Crippen MR) is 101 cm³/mol. The molecule has 4 aromatic rings. The Morgan fingerprint density at radius 3 is 3.04 bits per heavy atom. The van der Waals surface area contributed by atoms with Crippen LogP contribution in [0.1, 0.15) is 17.4 Å². The molecule has 28 heavy (non-hydrogen) atoms. The molecule has 1 atom stereocenters. The van der Waals surface area contributed by atoms with Gasteiger partial charge in [0.05, 0.1) is 30.9 Å². The smallest absolute Gasteiger partial charge is 0.180 e. The summed E-state index contributed by atoms with van der Waals surface area (Å²) in [4.78, 5) is 20.1. The summed E-state index contributed by atoms with van der Waals surface area (Å²) in [6.45, 7) is 2.44. The van der Waals surface area contributed by atoms with Gasteiger partial charge in [-0.2, -0.15) is 5.10 Å². The van der Waals surface area contributed by atoms with Crippen molar-refractivity contribution in [2.45, 2.75) is 12.6 Å². The second-order valence-corrected chi connectivity index (χ2v) is 6.53. The fourth-order valence-corrected chi connectivity index (χ4v) is 3.34. The minimum Gasteiger partial charge on any atom is -0.370 e. The van der Waals surface area contributed by atoms with Gasteiger partial charge in [0.1, 0.15) is 17.6 Å². The number of H-pyrrole nitrogens is 1. The highest BCUT2D eigenvalue weighted by atomic mass is 16.5. The van der Waals surface area contributed by atoms with Crippen LogP contribution in [0, 0.1) is 0 Å². The van der Waals surface area contributed by atoms with Crippen LogP contribution in [0.3, 0.4) is 0 Å². The Morgan fingerprint density at radius 2 is 2.18 bits per heavy atom. The number of morpholine rings is 1. The van der Waals surface area contributed by atoms with Crippen LogP contribution in [0.4, 0.5) is 5.82 Å². The minimum atomic E-state index is -0.0418. The average molecular weight is 377 g/mol. The number of fused-ring (bicyclic) bond motifs is 1. The molecule has 1 saturated heterocycles. The van der Waals surface area contributed by atoms with E-state index in [0.717, 1.165) is 35.0 Å². The molecular formula is C18H19N9O. The zero-order valence-corrected chi connectivity index (χ0v) is 15.1. The van der Waals surface area contributed by atoms with Crippen molar-refractivity contribution >= 4 is 11.5 Å². The van der Waals surface area contributed by atoms with Gasteiger partial charge in [-0.3, -0.25) is 14.5 Å². The number of imidazole rings is 1. The maximum Gasteiger partial charge on any atom is 0.180 e. The second-order valence-electron chi connectivity index (χ2n) is 6.53. The van der Waals surface area contributed by atoms with Gasteiger partial charge >= 0.3 is 0 Å². The average Bonchev–Trinajstić information content (AvgIpc) is 3.43. The van der Waals surface area contributed by atoms with E-state index in [4.69, 9.17) is 15.5 Å². The molecule has 0 aliphatic carbocycles. The zero-order valence-electron chi connectivity index (χ0n) is 15.1. The summed E-state index contributed by atoms with van der Waals surface area (Å²) in [7, 11) is 0. The molecule has 10 nitrogen and oxygen atoms in total. The van der Waals surface area contributed by atoms with Crippen LogP contribution in [0.25, 0.3) is 17.2 Å². The van der Waals surface area contributed by atoms with Crippen LogP contribution in [-0.4, -0.2) is 54.2 Å². The van der Waals surface area contributed by atoms with Crippen molar-refractivity contribution in [1.29, 1.82) is 0 Å². The Balaban J connectivity index is 1.47. The van der Waals surface area contributed by atoms with Crippen molar-refractivity contribution < 1.29 is 4.74 Å². The molecule has 0 radical (unpaired) electrons. The third kappa shape index (κ3) is 2.98. The molecular weight excluding hydrogens is 358 g/mol. The number of ether oxygens (including phenoxy) is 1. The topological polar surface area (TPSA) is 123 Å². The molecule has 3 N–H and O–H groups in total. The van der Waals surface area contributed by atoms with Gasteiger partial charge in [0, 0.05) is 43.8 Å². The van der Waals surface area contributed by atoms with Gasteiger partial charge in [-0.25, -0.2) is 15.0 Å². The molecule has 1 aliphatic rings. The van der Waals surface area contributed by atoms with Crippen molar-refractivity contribution in [2.24, 2.45) is 5.73 Å². The summed E-state index contributed by atoms with van der Waals surface area (Å²) in [6.07, 6.45) is 10.7. The van der Waals surface area contributed by atoms with E-state index in [1.165, 1.54) is 0 Å². The van der Waals surface area contributed by atoms with Crippen molar-refractivity contribution in [3.05, 3.63) is 54.5 Å². The van der Waals surface area contributed by atoms with E-state index >= 15 is 0 Å². The number of nitrogens with two attached hydrogens (primary N) is 1. The summed E-state index contributed by atoms with van der Waals surface area (Å²) >= 11 is 0. The highest BCUT2D eigenvalue weighted by Gasteiger charge is 2.24. The number of anilines is 1. The fraction of sp³-hybridized carbons (Fsp3) is 0.278. The van der Waals surface area contributed by atoms with Gasteiger partial charge in [-0.15, -0.1) is 0 Å². The molecule has 4 aromatic heterocycles. The maximum atomic E-state index is 5.88. The number of hydrogen-bond acceptors (Lipinski definition) is 8. The number of hydrogen-bond donors (Lipinski definition) is 2. The first-order valence-electron chi connectivity index (χ1n) is 9.02. The van der Waals surface area contributed by atoms with Crippen LogP contribution < -0.4 is 10.6 Å². The summed E-state index contributed by atoms with van der Waals surface area (Å²) in [6, 6.07) is 1.91. The second kappa shape index (κ2) is 6.98. The minimum absolute atomic E-state index is 0.0418. The van der Waals surface area contributed by atoms with Crippen molar-refractivity contribution in [2.75, 3.05) is 24.6 Å². The van der Waals surface area contributed by atoms with Gasteiger partial charge in [-0.1, -0.05) is 0 Å². The van der Waals surface area contributed by atoms with Crippen molar-refractivity contribution in [1.82, 2.24) is 34.5 Å². The van der Waals surface area contributed by atoms with E-state index in [-0.39, 0.29) is 6.10 Å². The lowest BCUT2D eigenvalue weighted by atomic mass is 10.1. The first-order chi connectivity index (χ1) is 13.8. The van der Waals surface area contributed by atoms with Gasteiger partial charge in [0.2, 0.25) is 0 Å². The fourth-order valence-electron chi connectivity index (χ4n) is 3.34. The first-order valence-corrected chi connectivity index (χ1v) is 9.02. The Bertz CT molecular complexity index is 1090. The Hall–Kier alpha value is -3.37. The van der Waals surface area contributed by atoms with Crippen LogP contribution in [0.2, 0.25) is 0 Å². The van der Waals surface area contributed by atoms with Crippen molar-refractivity contribution in [3.63, 3.8) is 0 Å². The van der Waals surface area contributed by atoms with E-state index in [9.17, 15) is 0 Å². The molecule has 0 bridgehead atoms. The Kier molecular flexibility index (Phi) is 4.18. The van der Waals surface area contributed by atoms with E-state index in [2.05, 4.69) is 30.0 Å². The summed E-state index contributed by atoms with van der Waals surface area (Å²) in [5.74, 6) is 1.45. The van der Waals surface area contributed by atoms with Gasteiger partial charge in [-0.05, 0) is 6.07 Å². The Morgan fingerprint density at radius 1 is 1.21 bits per heavy atom. The third-order valence-corrected chi connectivity index (χ3v) is 4.81. The summed E-state index contributed by atoms with van der Waals surface area (Å²) < 4.78 is 7.80. The van der Waals surface area contributed by atoms with Crippen LogP contribution >= 0.6 is 0 Å². The lowest BCUT2D eigenvalue weighted by molar-refractivity contribution is 0.0395. The summed E-state index contributed by atoms with van der Waals surface area (Å²) in [5.41, 5.74) is 9.06. The molecule has 0 spiro atoms. The molecule has 142 valence electrons. The van der Waals surface area contributed by atoms with E-state index in [1.54, 1.807) is 24.8 Å². The summed E-state index contributed by atoms with van der Waals surface area (Å²) in [5, 5.41) is 6.85. The lowest BCUT2D eigenvalue weighted by Crippen LogP contribution is -2.38. The predicted octanol–water partition coefficient (Wildman–Crippen LogP) is 0.946. The first kappa shape index (κ1) is 16.8. The lowest BCUT2D eigenvalue weighted by Gasteiger charge is -2.33. The highest BCUT2D eigenvalue weighted by molar-refractivity contribution is 5.58. The highest BCUT2D eigenvalue weighted by Crippen LogP contribution is 2.26. The molecule has 1 aliphatic heterocycles. The number of nitrogens with one attached hydrogen (secondary N) is 1. The third-order valence-electron chi connectivity index (χ3n) is 4.81. The largest absolute Gasteiger partial charge is 0.370 e. The van der Waals surface area contributed by atoms with E-state index in [1.807, 2.05) is 22.9 Å². The van der Waals surface area contributed by atoms with Crippen LogP contribution in [0.15, 0.2) is 43.2 Å². The van der Waals surface area contributed by atoms with E-state index in [0.29, 0.717) is 25.5 Å². The number of rotatable bonds is 4. The standard InChI is InChI=1S/C18H19N9O/c19-5-13-10-27-14(8-22-17(27)9-21-13)18-20-2-1-16(25-18)26-3-4-28-15(11-26)12-6-23-24-7-12/h1-2,6-10,15H,3-5,11,19H2,(H,23,24). The molecule has 5 heterocycles. The maximum absolute atomic E-state index is 5.88. The number of aromatic amines is 1. The van der Waals surface area contributed by atoms with Gasteiger partial charge < -0.3 is 15.4 Å². The molecule has 1 unspecified atom stereocenters. The Labute approximate surface area is 160 Å². The zero-order chi connectivity index (χ0) is 18.9. The van der Waals surface area contributed by atoms with Gasteiger partial charge in [0.25, 0.3) is 0 Å². The number of nitrogens with zero attached hydrogens (tertiary/aromatic N) is 7. The number of aromatic nitrogens is 7. The van der Waals surface area contributed by atoms with Crippen molar-refractivity contribution in [3.8, 4) is 11.5 Å². The normalized spacial score (nSPS) is 17.3. The van der Waals surface area contributed by atoms with Gasteiger partial charge in [0.15, 0.2) is 11.5 Å². The molecule has 0 saturated carbocycles. The molecule has 10 heteroatoms. The van der Waals surface area contributed by atoms with Crippen LogP contribution in [-0.2, 0) is 11.3 Å². The molecule has 0 aromatic carbocycles.